The molecule has 0 amide bonds. The number of rotatable bonds is 6. The highest BCUT2D eigenvalue weighted by molar-refractivity contribution is 4.82. The molecular formula is C17H35NO2. The third-order valence-corrected chi connectivity index (χ3v) is 4.33. The largest absolute Gasteiger partial charge is 0.389 e. The van der Waals surface area contributed by atoms with Crippen LogP contribution in [-0.4, -0.2) is 36.0 Å². The van der Waals surface area contributed by atoms with E-state index in [1.165, 1.54) is 12.8 Å². The molecule has 0 radical (unpaired) electrons. The summed E-state index contributed by atoms with van der Waals surface area (Å²) in [4.78, 5) is 0. The van der Waals surface area contributed by atoms with E-state index < -0.39 is 6.10 Å². The third kappa shape index (κ3) is 6.55. The summed E-state index contributed by atoms with van der Waals surface area (Å²) in [5.41, 5.74) is 0.0425. The summed E-state index contributed by atoms with van der Waals surface area (Å²) in [6.45, 7) is 14.3. The highest BCUT2D eigenvalue weighted by Gasteiger charge is 2.31. The van der Waals surface area contributed by atoms with Crippen LogP contribution in [0.5, 0.6) is 0 Å². The molecule has 120 valence electrons. The maximum Gasteiger partial charge on any atom is 0.0898 e. The van der Waals surface area contributed by atoms with E-state index in [0.29, 0.717) is 31.1 Å². The normalized spacial score (nSPS) is 29.7. The van der Waals surface area contributed by atoms with Gasteiger partial charge in [-0.25, -0.2) is 0 Å². The molecule has 0 aromatic carbocycles. The number of hydrogen-bond donors (Lipinski definition) is 2. The second-order valence-electron chi connectivity index (χ2n) is 7.98. The van der Waals surface area contributed by atoms with Crippen LogP contribution in [0.3, 0.4) is 0 Å². The van der Waals surface area contributed by atoms with Crippen molar-refractivity contribution in [1.82, 2.24) is 5.32 Å². The molecule has 3 heteroatoms. The molecule has 0 unspecified atom stereocenters. The van der Waals surface area contributed by atoms with E-state index in [4.69, 9.17) is 4.74 Å². The lowest BCUT2D eigenvalue weighted by molar-refractivity contribution is -0.0689. The van der Waals surface area contributed by atoms with Crippen molar-refractivity contribution in [2.75, 3.05) is 13.2 Å². The van der Waals surface area contributed by atoms with Gasteiger partial charge in [-0.05, 0) is 51.4 Å². The van der Waals surface area contributed by atoms with Crippen LogP contribution in [0.25, 0.3) is 0 Å². The van der Waals surface area contributed by atoms with Gasteiger partial charge in [0, 0.05) is 12.1 Å². The van der Waals surface area contributed by atoms with Crippen molar-refractivity contribution in [2.45, 2.75) is 78.6 Å². The van der Waals surface area contributed by atoms with Crippen molar-refractivity contribution in [3.63, 3.8) is 0 Å². The number of aliphatic hydroxyl groups excluding tert-OH is 1. The van der Waals surface area contributed by atoms with Crippen molar-refractivity contribution in [3.05, 3.63) is 0 Å². The lowest BCUT2D eigenvalue weighted by Gasteiger charge is -2.37. The molecule has 0 heterocycles. The van der Waals surface area contributed by atoms with Gasteiger partial charge in [0.2, 0.25) is 0 Å². The van der Waals surface area contributed by atoms with E-state index >= 15 is 0 Å². The van der Waals surface area contributed by atoms with Crippen LogP contribution in [-0.2, 0) is 4.74 Å². The van der Waals surface area contributed by atoms with Gasteiger partial charge in [0.15, 0.2) is 0 Å². The van der Waals surface area contributed by atoms with Crippen molar-refractivity contribution < 1.29 is 9.84 Å². The van der Waals surface area contributed by atoms with Crippen LogP contribution < -0.4 is 5.32 Å². The number of ether oxygens (including phenoxy) is 1. The van der Waals surface area contributed by atoms with Crippen LogP contribution in [0.4, 0.5) is 0 Å². The standard InChI is InChI=1S/C17H35NO2/c1-12(2)15-8-7-13(3)9-16(15)20-11-14(19)10-18-17(4,5)6/h12-16,18-19H,7-11H2,1-6H3/t13-,14-,15+,16-/m0/s1. The van der Waals surface area contributed by atoms with Crippen molar-refractivity contribution in [2.24, 2.45) is 17.8 Å². The predicted molar refractivity (Wildman–Crippen MR) is 84.8 cm³/mol. The molecule has 0 saturated heterocycles. The Morgan fingerprint density at radius 1 is 1.25 bits per heavy atom. The first-order chi connectivity index (χ1) is 9.19. The van der Waals surface area contributed by atoms with Crippen LogP contribution in [0, 0.1) is 17.8 Å². The van der Waals surface area contributed by atoms with Gasteiger partial charge >= 0.3 is 0 Å². The molecule has 1 fully saturated rings. The molecule has 3 nitrogen and oxygen atoms in total. The lowest BCUT2D eigenvalue weighted by atomic mass is 9.75. The summed E-state index contributed by atoms with van der Waals surface area (Å²) < 4.78 is 6.06. The minimum Gasteiger partial charge on any atom is -0.389 e. The summed E-state index contributed by atoms with van der Waals surface area (Å²) in [6.07, 6.45) is 3.63. The van der Waals surface area contributed by atoms with Crippen molar-refractivity contribution in [3.8, 4) is 0 Å². The molecular weight excluding hydrogens is 250 g/mol. The monoisotopic (exact) mass is 285 g/mol. The molecule has 0 aliphatic heterocycles. The molecule has 1 aliphatic carbocycles. The van der Waals surface area contributed by atoms with Crippen molar-refractivity contribution in [1.29, 1.82) is 0 Å². The smallest absolute Gasteiger partial charge is 0.0898 e. The zero-order valence-electron chi connectivity index (χ0n) is 14.3. The Kier molecular flexibility index (Phi) is 6.96. The van der Waals surface area contributed by atoms with Gasteiger partial charge in [-0.3, -0.25) is 0 Å². The van der Waals surface area contributed by atoms with Crippen LogP contribution >= 0.6 is 0 Å². The van der Waals surface area contributed by atoms with Crippen LogP contribution in [0.2, 0.25) is 0 Å². The summed E-state index contributed by atoms with van der Waals surface area (Å²) in [5.74, 6) is 2.06. The molecule has 2 N–H and O–H groups in total. The Hall–Kier alpha value is -0.120. The van der Waals surface area contributed by atoms with Gasteiger partial charge in [-0.15, -0.1) is 0 Å². The number of hydrogen-bond acceptors (Lipinski definition) is 3. The van der Waals surface area contributed by atoms with Crippen molar-refractivity contribution >= 4 is 0 Å². The van der Waals surface area contributed by atoms with Gasteiger partial charge in [0.05, 0.1) is 18.8 Å². The average Bonchev–Trinajstić information content (AvgIpc) is 2.32. The maximum atomic E-state index is 10.0. The van der Waals surface area contributed by atoms with Gasteiger partial charge in [0.1, 0.15) is 0 Å². The zero-order chi connectivity index (χ0) is 15.3. The summed E-state index contributed by atoms with van der Waals surface area (Å²) in [7, 11) is 0. The average molecular weight is 285 g/mol. The van der Waals surface area contributed by atoms with E-state index in [0.717, 1.165) is 12.3 Å². The van der Waals surface area contributed by atoms with E-state index in [9.17, 15) is 5.11 Å². The van der Waals surface area contributed by atoms with Gasteiger partial charge in [-0.1, -0.05) is 27.2 Å². The number of β-amino-alcohol motifs (C(OH)–C–C–N with tert-alkyl or cyclic N) is 1. The lowest BCUT2D eigenvalue weighted by Crippen LogP contribution is -2.43. The quantitative estimate of drug-likeness (QED) is 0.787. The third-order valence-electron chi connectivity index (χ3n) is 4.33. The topological polar surface area (TPSA) is 41.5 Å². The van der Waals surface area contributed by atoms with E-state index in [1.54, 1.807) is 0 Å². The molecule has 1 rings (SSSR count). The fourth-order valence-electron chi connectivity index (χ4n) is 3.02. The minimum absolute atomic E-state index is 0.0425. The second-order valence-corrected chi connectivity index (χ2v) is 7.98. The highest BCUT2D eigenvalue weighted by Crippen LogP contribution is 2.35. The second kappa shape index (κ2) is 7.77. The molecule has 1 saturated carbocycles. The molecule has 1 aliphatic rings. The Morgan fingerprint density at radius 3 is 2.45 bits per heavy atom. The molecule has 0 spiro atoms. The molecule has 0 bridgehead atoms. The Morgan fingerprint density at radius 2 is 1.90 bits per heavy atom. The maximum absolute atomic E-state index is 10.0. The Balaban J connectivity index is 2.37. The molecule has 0 aromatic heterocycles. The van der Waals surface area contributed by atoms with E-state index in [1.807, 2.05) is 0 Å². The zero-order valence-corrected chi connectivity index (χ0v) is 14.3. The number of aliphatic hydroxyl groups is 1. The first-order valence-electron chi connectivity index (χ1n) is 8.23. The van der Waals surface area contributed by atoms with Crippen LogP contribution in [0.15, 0.2) is 0 Å². The van der Waals surface area contributed by atoms with Gasteiger partial charge < -0.3 is 15.2 Å². The summed E-state index contributed by atoms with van der Waals surface area (Å²) >= 11 is 0. The minimum atomic E-state index is -0.417. The first-order valence-corrected chi connectivity index (χ1v) is 8.23. The van der Waals surface area contributed by atoms with Gasteiger partial charge in [-0.2, -0.15) is 0 Å². The fourth-order valence-corrected chi connectivity index (χ4v) is 3.02. The molecule has 20 heavy (non-hydrogen) atoms. The Labute approximate surface area is 125 Å². The SMILES string of the molecule is CC(C)[C@H]1CC[C@H](C)C[C@@H]1OC[C@@H](O)CNC(C)(C)C. The Bertz CT molecular complexity index is 273. The molecule has 0 aromatic rings. The summed E-state index contributed by atoms with van der Waals surface area (Å²) in [5, 5.41) is 13.4. The number of nitrogens with one attached hydrogen (secondary N) is 1. The highest BCUT2D eigenvalue weighted by atomic mass is 16.5. The van der Waals surface area contributed by atoms with Gasteiger partial charge in [0.25, 0.3) is 0 Å². The van der Waals surface area contributed by atoms with Crippen LogP contribution in [0.1, 0.15) is 60.8 Å². The first kappa shape index (κ1) is 17.9. The molecule has 4 atom stereocenters. The van der Waals surface area contributed by atoms with E-state index in [-0.39, 0.29) is 5.54 Å². The van der Waals surface area contributed by atoms with E-state index in [2.05, 4.69) is 46.9 Å². The summed E-state index contributed by atoms with van der Waals surface area (Å²) in [6, 6.07) is 0. The predicted octanol–water partition coefficient (Wildman–Crippen LogP) is 3.21. The fraction of sp³-hybridized carbons (Fsp3) is 1.00.